The van der Waals surface area contributed by atoms with Crippen molar-refractivity contribution >= 4 is 5.91 Å². The van der Waals surface area contributed by atoms with Gasteiger partial charge in [0.2, 0.25) is 0 Å². The van der Waals surface area contributed by atoms with Crippen LogP contribution in [0.25, 0.3) is 0 Å². The Morgan fingerprint density at radius 1 is 1.18 bits per heavy atom. The molecule has 1 amide bonds. The lowest BCUT2D eigenvalue weighted by Gasteiger charge is -2.42. The number of carbonyl (C=O) groups is 1. The molecule has 3 rings (SSSR count). The van der Waals surface area contributed by atoms with Gasteiger partial charge in [0.1, 0.15) is 5.82 Å². The van der Waals surface area contributed by atoms with Gasteiger partial charge in [0, 0.05) is 37.8 Å². The summed E-state index contributed by atoms with van der Waals surface area (Å²) in [6.07, 6.45) is 5.27. The van der Waals surface area contributed by atoms with E-state index in [1.165, 1.54) is 37.8 Å². The fourth-order valence-electron chi connectivity index (χ4n) is 3.83. The highest BCUT2D eigenvalue weighted by Gasteiger charge is 2.29. The van der Waals surface area contributed by atoms with Crippen molar-refractivity contribution in [1.29, 1.82) is 0 Å². The Bertz CT molecular complexity index is 526. The topological polar surface area (TPSA) is 23.6 Å². The van der Waals surface area contributed by atoms with Gasteiger partial charge in [-0.25, -0.2) is 4.39 Å². The summed E-state index contributed by atoms with van der Waals surface area (Å²) >= 11 is 0. The molecule has 4 heteroatoms. The number of hydrogen-bond acceptors (Lipinski definition) is 2. The van der Waals surface area contributed by atoms with E-state index >= 15 is 0 Å². The van der Waals surface area contributed by atoms with E-state index in [2.05, 4.69) is 11.8 Å². The monoisotopic (exact) mass is 304 g/mol. The second-order valence-electron chi connectivity index (χ2n) is 6.76. The van der Waals surface area contributed by atoms with E-state index in [1.54, 1.807) is 12.1 Å². The molecule has 0 aromatic heterocycles. The van der Waals surface area contributed by atoms with Crippen LogP contribution in [0.2, 0.25) is 0 Å². The molecule has 0 radical (unpaired) electrons. The predicted octanol–water partition coefficient (Wildman–Crippen LogP) is 3.16. The maximum atomic E-state index is 13.3. The molecular weight excluding hydrogens is 279 g/mol. The number of benzene rings is 1. The van der Waals surface area contributed by atoms with Gasteiger partial charge in [-0.1, -0.05) is 25.8 Å². The molecule has 0 N–H and O–H groups in total. The molecule has 0 spiro atoms. The standard InChI is InChI=1S/C18H25FN2O/c1-14-4-2-7-17(12-14)20-8-10-21(11-9-20)18(22)15-5-3-6-16(19)13-15/h3,5-6,13-14,17H,2,4,7-12H2,1H3/t14-,17-/m1/s1. The summed E-state index contributed by atoms with van der Waals surface area (Å²) in [5.74, 6) is 0.433. The minimum absolute atomic E-state index is 0.0452. The van der Waals surface area contributed by atoms with Gasteiger partial charge in [-0.3, -0.25) is 9.69 Å². The van der Waals surface area contributed by atoms with Crippen LogP contribution < -0.4 is 0 Å². The van der Waals surface area contributed by atoms with E-state index < -0.39 is 0 Å². The summed E-state index contributed by atoms with van der Waals surface area (Å²) in [5.41, 5.74) is 0.458. The molecule has 2 atom stereocenters. The van der Waals surface area contributed by atoms with Gasteiger partial charge < -0.3 is 4.90 Å². The first-order valence-electron chi connectivity index (χ1n) is 8.42. The van der Waals surface area contributed by atoms with Gasteiger partial charge in [0.15, 0.2) is 0 Å². The van der Waals surface area contributed by atoms with Gasteiger partial charge in [-0.05, 0) is 37.0 Å². The van der Waals surface area contributed by atoms with Crippen molar-refractivity contribution in [2.75, 3.05) is 26.2 Å². The smallest absolute Gasteiger partial charge is 0.254 e. The van der Waals surface area contributed by atoms with Crippen LogP contribution in [-0.4, -0.2) is 47.9 Å². The molecular formula is C18H25FN2O. The highest BCUT2D eigenvalue weighted by Crippen LogP contribution is 2.28. The fraction of sp³-hybridized carbons (Fsp3) is 0.611. The van der Waals surface area contributed by atoms with Crippen LogP contribution >= 0.6 is 0 Å². The van der Waals surface area contributed by atoms with Gasteiger partial charge >= 0.3 is 0 Å². The van der Waals surface area contributed by atoms with E-state index in [1.807, 2.05) is 4.90 Å². The Morgan fingerprint density at radius 2 is 1.95 bits per heavy atom. The zero-order valence-electron chi connectivity index (χ0n) is 13.3. The van der Waals surface area contributed by atoms with Crippen molar-refractivity contribution in [2.45, 2.75) is 38.6 Å². The zero-order valence-corrected chi connectivity index (χ0v) is 13.3. The van der Waals surface area contributed by atoms with E-state index in [4.69, 9.17) is 0 Å². The fourth-order valence-corrected chi connectivity index (χ4v) is 3.83. The average Bonchev–Trinajstić information content (AvgIpc) is 2.54. The van der Waals surface area contributed by atoms with Crippen LogP contribution in [0.1, 0.15) is 43.0 Å². The number of rotatable bonds is 2. The van der Waals surface area contributed by atoms with E-state index in [0.29, 0.717) is 11.6 Å². The van der Waals surface area contributed by atoms with Crippen LogP contribution in [0.15, 0.2) is 24.3 Å². The Balaban J connectivity index is 1.56. The maximum absolute atomic E-state index is 13.3. The number of halogens is 1. The predicted molar refractivity (Wildman–Crippen MR) is 85.3 cm³/mol. The molecule has 0 bridgehead atoms. The van der Waals surface area contributed by atoms with E-state index in [9.17, 15) is 9.18 Å². The van der Waals surface area contributed by atoms with Crippen LogP contribution in [-0.2, 0) is 0 Å². The molecule has 0 unspecified atom stereocenters. The molecule has 1 aromatic rings. The molecule has 120 valence electrons. The molecule has 1 saturated heterocycles. The summed E-state index contributed by atoms with van der Waals surface area (Å²) in [5, 5.41) is 0. The number of carbonyl (C=O) groups excluding carboxylic acids is 1. The Morgan fingerprint density at radius 3 is 2.64 bits per heavy atom. The lowest BCUT2D eigenvalue weighted by atomic mass is 9.86. The molecule has 1 aliphatic heterocycles. The van der Waals surface area contributed by atoms with Crippen molar-refractivity contribution in [3.63, 3.8) is 0 Å². The van der Waals surface area contributed by atoms with Crippen molar-refractivity contribution in [1.82, 2.24) is 9.80 Å². The minimum Gasteiger partial charge on any atom is -0.336 e. The lowest BCUT2D eigenvalue weighted by Crippen LogP contribution is -2.52. The molecule has 1 saturated carbocycles. The third kappa shape index (κ3) is 3.49. The highest BCUT2D eigenvalue weighted by atomic mass is 19.1. The minimum atomic E-state index is -0.347. The second kappa shape index (κ2) is 6.78. The Labute approximate surface area is 132 Å². The third-order valence-corrected chi connectivity index (χ3v) is 5.10. The van der Waals surface area contributed by atoms with Gasteiger partial charge in [-0.2, -0.15) is 0 Å². The summed E-state index contributed by atoms with van der Waals surface area (Å²) in [7, 11) is 0. The van der Waals surface area contributed by atoms with Crippen LogP contribution in [0.4, 0.5) is 4.39 Å². The lowest BCUT2D eigenvalue weighted by molar-refractivity contribution is 0.0488. The average molecular weight is 304 g/mol. The highest BCUT2D eigenvalue weighted by molar-refractivity contribution is 5.94. The first-order valence-corrected chi connectivity index (χ1v) is 8.42. The van der Waals surface area contributed by atoms with Crippen molar-refractivity contribution < 1.29 is 9.18 Å². The van der Waals surface area contributed by atoms with Crippen LogP contribution in [0.5, 0.6) is 0 Å². The first-order chi connectivity index (χ1) is 10.6. The molecule has 1 aromatic carbocycles. The number of piperazine rings is 1. The number of hydrogen-bond donors (Lipinski definition) is 0. The van der Waals surface area contributed by atoms with Gasteiger partial charge in [0.05, 0.1) is 0 Å². The maximum Gasteiger partial charge on any atom is 0.254 e. The molecule has 1 heterocycles. The summed E-state index contributed by atoms with van der Waals surface area (Å²) in [4.78, 5) is 16.8. The first kappa shape index (κ1) is 15.5. The Hall–Kier alpha value is -1.42. The zero-order chi connectivity index (χ0) is 15.5. The largest absolute Gasteiger partial charge is 0.336 e. The molecule has 2 aliphatic rings. The molecule has 3 nitrogen and oxygen atoms in total. The van der Waals surface area contributed by atoms with Gasteiger partial charge in [0.25, 0.3) is 5.91 Å². The van der Waals surface area contributed by atoms with E-state index in [0.717, 1.165) is 32.1 Å². The van der Waals surface area contributed by atoms with Crippen molar-refractivity contribution in [2.24, 2.45) is 5.92 Å². The Kier molecular flexibility index (Phi) is 4.77. The van der Waals surface area contributed by atoms with Crippen molar-refractivity contribution in [3.05, 3.63) is 35.6 Å². The molecule has 22 heavy (non-hydrogen) atoms. The third-order valence-electron chi connectivity index (χ3n) is 5.10. The van der Waals surface area contributed by atoms with Gasteiger partial charge in [-0.15, -0.1) is 0 Å². The van der Waals surface area contributed by atoms with Crippen molar-refractivity contribution in [3.8, 4) is 0 Å². The SMILES string of the molecule is C[C@@H]1CCC[C@@H](N2CCN(C(=O)c3cccc(F)c3)CC2)C1. The van der Waals surface area contributed by atoms with E-state index in [-0.39, 0.29) is 11.7 Å². The summed E-state index contributed by atoms with van der Waals surface area (Å²) < 4.78 is 13.3. The quantitative estimate of drug-likeness (QED) is 0.838. The molecule has 1 aliphatic carbocycles. The second-order valence-corrected chi connectivity index (χ2v) is 6.76. The molecule has 2 fully saturated rings. The number of nitrogens with zero attached hydrogens (tertiary/aromatic N) is 2. The number of amides is 1. The summed E-state index contributed by atoms with van der Waals surface area (Å²) in [6, 6.07) is 6.69. The summed E-state index contributed by atoms with van der Waals surface area (Å²) in [6.45, 7) is 5.73. The van der Waals surface area contributed by atoms with Crippen LogP contribution in [0.3, 0.4) is 0 Å². The normalized spacial score (nSPS) is 26.9. The van der Waals surface area contributed by atoms with Crippen LogP contribution in [0, 0.1) is 11.7 Å².